The van der Waals surface area contributed by atoms with Gasteiger partial charge in [0, 0.05) is 23.5 Å². The second-order valence-corrected chi connectivity index (χ2v) is 9.78. The number of nitrogens with one attached hydrogen (secondary N) is 1. The molecule has 0 saturated carbocycles. The highest BCUT2D eigenvalue weighted by atomic mass is 35.5. The van der Waals surface area contributed by atoms with Gasteiger partial charge in [0.05, 0.1) is 12.2 Å². The van der Waals surface area contributed by atoms with E-state index in [1.54, 1.807) is 17.0 Å². The number of aromatic amines is 1. The highest BCUT2D eigenvalue weighted by Gasteiger charge is 2.26. The summed E-state index contributed by atoms with van der Waals surface area (Å²) in [6.07, 6.45) is 7.48. The first-order chi connectivity index (χ1) is 16.3. The summed E-state index contributed by atoms with van der Waals surface area (Å²) < 4.78 is 3.54. The fourth-order valence-electron chi connectivity index (χ4n) is 4.16. The van der Waals surface area contributed by atoms with Gasteiger partial charge in [0.2, 0.25) is 5.82 Å². The van der Waals surface area contributed by atoms with Gasteiger partial charge in [-0.15, -0.1) is 10.2 Å². The number of hydrogen-bond acceptors (Lipinski definition) is 5. The van der Waals surface area contributed by atoms with Crippen LogP contribution in [0, 0.1) is 0 Å². The predicted molar refractivity (Wildman–Crippen MR) is 134 cm³/mol. The Hall–Kier alpha value is -3.26. The molecule has 0 aliphatic heterocycles. The minimum Gasteiger partial charge on any atom is -0.290 e. The van der Waals surface area contributed by atoms with Crippen LogP contribution in [0.4, 0.5) is 0 Å². The van der Waals surface area contributed by atoms with Gasteiger partial charge in [-0.25, -0.2) is 4.79 Å². The fourth-order valence-corrected chi connectivity index (χ4v) is 4.68. The average Bonchev–Trinajstić information content (AvgIpc) is 3.42. The van der Waals surface area contributed by atoms with E-state index in [0.717, 1.165) is 53.6 Å². The van der Waals surface area contributed by atoms with Gasteiger partial charge < -0.3 is 0 Å². The predicted octanol–water partition coefficient (Wildman–Crippen LogP) is 5.08. The normalized spacial score (nSPS) is 11.8. The summed E-state index contributed by atoms with van der Waals surface area (Å²) in [4.78, 5) is 17.6. The summed E-state index contributed by atoms with van der Waals surface area (Å²) in [6.45, 7) is 8.66. The number of rotatable bonds is 8. The lowest BCUT2D eigenvalue weighted by Crippen LogP contribution is -2.35. The number of aromatic nitrogens is 7. The van der Waals surface area contributed by atoms with Crippen molar-refractivity contribution in [1.82, 2.24) is 34.7 Å². The van der Waals surface area contributed by atoms with E-state index >= 15 is 0 Å². The van der Waals surface area contributed by atoms with Crippen molar-refractivity contribution in [2.75, 3.05) is 0 Å². The number of pyridine rings is 1. The van der Waals surface area contributed by atoms with Gasteiger partial charge in [0.15, 0.2) is 0 Å². The van der Waals surface area contributed by atoms with Crippen LogP contribution in [-0.4, -0.2) is 34.7 Å². The van der Waals surface area contributed by atoms with Gasteiger partial charge in [-0.3, -0.25) is 14.1 Å². The Balaban J connectivity index is 1.67. The van der Waals surface area contributed by atoms with Crippen LogP contribution in [0.1, 0.15) is 58.2 Å². The SMILES string of the molecule is CCCCCc1c(Cl)n(C(C)(C)C)c(=O)n1Cc1ccc(-c2ccncc2-c2nn[nH]n2)cc1. The summed E-state index contributed by atoms with van der Waals surface area (Å²) in [5.41, 5.74) is 4.24. The third kappa shape index (κ3) is 4.82. The molecule has 0 aliphatic rings. The standard InChI is InChI=1S/C25H30ClN7O/c1-5-6-7-8-21-22(26)33(25(2,3)4)24(34)32(21)16-17-9-11-18(12-10-17)19-13-14-27-15-20(19)23-28-30-31-29-23/h9-15H,5-8,16H2,1-4H3,(H,28,29,30,31). The molecule has 0 spiro atoms. The summed E-state index contributed by atoms with van der Waals surface area (Å²) in [7, 11) is 0. The number of halogens is 1. The van der Waals surface area contributed by atoms with Gasteiger partial charge in [0.25, 0.3) is 0 Å². The van der Waals surface area contributed by atoms with E-state index < -0.39 is 5.54 Å². The summed E-state index contributed by atoms with van der Waals surface area (Å²) >= 11 is 6.75. The number of hydrogen-bond donors (Lipinski definition) is 1. The van der Waals surface area contributed by atoms with Gasteiger partial charge in [-0.2, -0.15) is 5.21 Å². The van der Waals surface area contributed by atoms with Crippen LogP contribution in [0.2, 0.25) is 5.15 Å². The lowest BCUT2D eigenvalue weighted by atomic mass is 10.00. The van der Waals surface area contributed by atoms with Crippen molar-refractivity contribution in [3.63, 3.8) is 0 Å². The largest absolute Gasteiger partial charge is 0.330 e. The molecule has 34 heavy (non-hydrogen) atoms. The maximum atomic E-state index is 13.4. The highest BCUT2D eigenvalue weighted by Crippen LogP contribution is 2.30. The quantitative estimate of drug-likeness (QED) is 0.355. The number of H-pyrrole nitrogens is 1. The minimum atomic E-state index is -0.393. The Morgan fingerprint density at radius 1 is 1.06 bits per heavy atom. The zero-order valence-electron chi connectivity index (χ0n) is 20.0. The highest BCUT2D eigenvalue weighted by molar-refractivity contribution is 6.30. The molecule has 4 aromatic rings. The monoisotopic (exact) mass is 479 g/mol. The Morgan fingerprint density at radius 2 is 1.82 bits per heavy atom. The van der Waals surface area contributed by atoms with Crippen molar-refractivity contribution < 1.29 is 0 Å². The molecule has 0 atom stereocenters. The van der Waals surface area contributed by atoms with Crippen LogP contribution >= 0.6 is 11.6 Å². The molecule has 0 bridgehead atoms. The number of imidazole rings is 1. The molecular weight excluding hydrogens is 450 g/mol. The van der Waals surface area contributed by atoms with Crippen molar-refractivity contribution in [2.24, 2.45) is 0 Å². The molecule has 3 heterocycles. The molecule has 0 fully saturated rings. The van der Waals surface area contributed by atoms with Crippen molar-refractivity contribution in [1.29, 1.82) is 0 Å². The smallest absolute Gasteiger partial charge is 0.290 e. The van der Waals surface area contributed by atoms with Crippen LogP contribution < -0.4 is 5.69 Å². The molecule has 0 amide bonds. The van der Waals surface area contributed by atoms with E-state index in [4.69, 9.17) is 11.6 Å². The Morgan fingerprint density at radius 3 is 2.47 bits per heavy atom. The zero-order valence-corrected chi connectivity index (χ0v) is 20.8. The van der Waals surface area contributed by atoms with Gasteiger partial charge in [-0.1, -0.05) is 55.6 Å². The molecule has 4 rings (SSSR count). The second-order valence-electron chi connectivity index (χ2n) is 9.42. The number of nitrogens with zero attached hydrogens (tertiary/aromatic N) is 6. The lowest BCUT2D eigenvalue weighted by molar-refractivity contribution is 0.380. The summed E-state index contributed by atoms with van der Waals surface area (Å²) in [6, 6.07) is 10.1. The third-order valence-electron chi connectivity index (χ3n) is 5.88. The van der Waals surface area contributed by atoms with Crippen LogP contribution in [0.3, 0.4) is 0 Å². The molecule has 0 unspecified atom stereocenters. The van der Waals surface area contributed by atoms with Crippen LogP contribution in [0.15, 0.2) is 47.5 Å². The fraction of sp³-hybridized carbons (Fsp3) is 0.400. The lowest BCUT2D eigenvalue weighted by Gasteiger charge is -2.20. The van der Waals surface area contributed by atoms with Crippen molar-refractivity contribution in [3.05, 3.63) is 69.6 Å². The first-order valence-corrected chi connectivity index (χ1v) is 12.0. The van der Waals surface area contributed by atoms with Crippen LogP contribution in [0.5, 0.6) is 0 Å². The summed E-state index contributed by atoms with van der Waals surface area (Å²) in [5, 5.41) is 14.9. The second kappa shape index (κ2) is 9.93. The van der Waals surface area contributed by atoms with E-state index in [2.05, 4.69) is 32.5 Å². The van der Waals surface area contributed by atoms with Crippen molar-refractivity contribution in [3.8, 4) is 22.5 Å². The first-order valence-electron chi connectivity index (χ1n) is 11.6. The maximum absolute atomic E-state index is 13.4. The Kier molecular flexibility index (Phi) is 6.97. The Bertz CT molecular complexity index is 1300. The van der Waals surface area contributed by atoms with E-state index in [-0.39, 0.29) is 5.69 Å². The average molecular weight is 480 g/mol. The van der Waals surface area contributed by atoms with E-state index in [9.17, 15) is 4.79 Å². The number of benzene rings is 1. The van der Waals surface area contributed by atoms with Crippen LogP contribution in [-0.2, 0) is 18.5 Å². The molecule has 3 aromatic heterocycles. The molecule has 0 radical (unpaired) electrons. The first kappa shape index (κ1) is 23.9. The number of tetrazole rings is 1. The molecular formula is C25H30ClN7O. The van der Waals surface area contributed by atoms with Crippen molar-refractivity contribution >= 4 is 11.6 Å². The van der Waals surface area contributed by atoms with Crippen LogP contribution in [0.25, 0.3) is 22.5 Å². The van der Waals surface area contributed by atoms with Crippen molar-refractivity contribution in [2.45, 2.75) is 65.5 Å². The van der Waals surface area contributed by atoms with E-state index in [0.29, 0.717) is 17.5 Å². The summed E-state index contributed by atoms with van der Waals surface area (Å²) in [5.74, 6) is 0.494. The third-order valence-corrected chi connectivity index (χ3v) is 6.27. The molecule has 0 saturated heterocycles. The number of unbranched alkanes of at least 4 members (excludes halogenated alkanes) is 2. The Labute approximate surface area is 204 Å². The van der Waals surface area contributed by atoms with E-state index in [1.165, 1.54) is 0 Å². The molecule has 1 aromatic carbocycles. The molecule has 0 aliphatic carbocycles. The maximum Gasteiger partial charge on any atom is 0.330 e. The molecule has 178 valence electrons. The van der Waals surface area contributed by atoms with E-state index in [1.807, 2.05) is 55.7 Å². The van der Waals surface area contributed by atoms with Gasteiger partial charge >= 0.3 is 5.69 Å². The molecule has 1 N–H and O–H groups in total. The van der Waals surface area contributed by atoms with Gasteiger partial charge in [0.1, 0.15) is 5.15 Å². The van der Waals surface area contributed by atoms with Gasteiger partial charge in [-0.05, 0) is 61.6 Å². The zero-order chi connectivity index (χ0) is 24.3. The minimum absolute atomic E-state index is 0.0680. The topological polar surface area (TPSA) is 94.3 Å². The molecule has 9 heteroatoms. The molecule has 8 nitrogen and oxygen atoms in total.